The molecule has 0 aliphatic heterocycles. The summed E-state index contributed by atoms with van der Waals surface area (Å²) in [6.07, 6.45) is -0.0214. The Kier molecular flexibility index (Phi) is 4.47. The Bertz CT molecular complexity index is 403. The fourth-order valence-electron chi connectivity index (χ4n) is 1.21. The lowest BCUT2D eigenvalue weighted by Crippen LogP contribution is -2.36. The Hall–Kier alpha value is -2.08. The van der Waals surface area contributed by atoms with E-state index in [9.17, 15) is 9.59 Å². The van der Waals surface area contributed by atoms with E-state index in [1.165, 1.54) is 0 Å². The molecule has 0 heterocycles. The highest BCUT2D eigenvalue weighted by Gasteiger charge is 2.14. The van der Waals surface area contributed by atoms with Crippen molar-refractivity contribution in [3.63, 3.8) is 0 Å². The number of rotatable bonds is 5. The van der Waals surface area contributed by atoms with Crippen LogP contribution in [0.2, 0.25) is 0 Å². The van der Waals surface area contributed by atoms with Crippen LogP contribution in [0, 0.1) is 0 Å². The first-order chi connectivity index (χ1) is 7.99. The summed E-state index contributed by atoms with van der Waals surface area (Å²) >= 11 is 0. The Morgan fingerprint density at radius 3 is 2.41 bits per heavy atom. The van der Waals surface area contributed by atoms with E-state index in [-0.39, 0.29) is 12.8 Å². The number of nitrogen functional groups attached to an aromatic ring is 1. The maximum absolute atomic E-state index is 11.5. The first kappa shape index (κ1) is 13.0. The summed E-state index contributed by atoms with van der Waals surface area (Å²) in [5.74, 6) is -1.38. The summed E-state index contributed by atoms with van der Waals surface area (Å²) in [4.78, 5) is 21.9. The van der Waals surface area contributed by atoms with Crippen LogP contribution in [0.3, 0.4) is 0 Å². The van der Waals surface area contributed by atoms with E-state index in [1.807, 2.05) is 0 Å². The summed E-state index contributed by atoms with van der Waals surface area (Å²) < 4.78 is 0. The lowest BCUT2D eigenvalue weighted by molar-refractivity contribution is -0.137. The predicted molar refractivity (Wildman–Crippen MR) is 64.3 cm³/mol. The number of anilines is 2. The van der Waals surface area contributed by atoms with Crippen molar-refractivity contribution < 1.29 is 14.7 Å². The third kappa shape index (κ3) is 4.52. The van der Waals surface area contributed by atoms with Crippen molar-refractivity contribution in [1.29, 1.82) is 0 Å². The number of benzene rings is 1. The molecule has 0 saturated carbocycles. The molecule has 0 spiro atoms. The van der Waals surface area contributed by atoms with Gasteiger partial charge in [-0.1, -0.05) is 0 Å². The highest BCUT2D eigenvalue weighted by molar-refractivity contribution is 5.94. The smallest absolute Gasteiger partial charge is 0.303 e. The van der Waals surface area contributed by atoms with Gasteiger partial charge in [0.15, 0.2) is 0 Å². The van der Waals surface area contributed by atoms with Crippen molar-refractivity contribution >= 4 is 23.3 Å². The lowest BCUT2D eigenvalue weighted by atomic mass is 10.1. The molecule has 0 aliphatic carbocycles. The Balaban J connectivity index is 2.48. The van der Waals surface area contributed by atoms with Crippen LogP contribution in [0.5, 0.6) is 0 Å². The summed E-state index contributed by atoms with van der Waals surface area (Å²) in [7, 11) is 0. The second-order valence-corrected chi connectivity index (χ2v) is 3.65. The molecule has 0 saturated heterocycles. The molecule has 6 N–H and O–H groups in total. The van der Waals surface area contributed by atoms with Crippen LogP contribution in [0.1, 0.15) is 12.8 Å². The molecule has 0 bridgehead atoms. The van der Waals surface area contributed by atoms with E-state index < -0.39 is 17.9 Å². The third-order valence-electron chi connectivity index (χ3n) is 2.18. The lowest BCUT2D eigenvalue weighted by Gasteiger charge is -2.11. The molecule has 6 heteroatoms. The highest BCUT2D eigenvalue weighted by atomic mass is 16.4. The SMILES string of the molecule is Nc1ccc(NC(=O)[C@H](N)CCC(=O)O)cc1. The van der Waals surface area contributed by atoms with E-state index >= 15 is 0 Å². The first-order valence-electron chi connectivity index (χ1n) is 5.13. The van der Waals surface area contributed by atoms with Gasteiger partial charge in [0.05, 0.1) is 6.04 Å². The summed E-state index contributed by atoms with van der Waals surface area (Å²) in [6, 6.07) is 5.77. The maximum Gasteiger partial charge on any atom is 0.303 e. The molecule has 0 unspecified atom stereocenters. The quantitative estimate of drug-likeness (QED) is 0.553. The molecular weight excluding hydrogens is 222 g/mol. The van der Waals surface area contributed by atoms with Gasteiger partial charge in [-0.05, 0) is 30.7 Å². The topological polar surface area (TPSA) is 118 Å². The molecule has 0 fully saturated rings. The number of hydrogen-bond donors (Lipinski definition) is 4. The zero-order chi connectivity index (χ0) is 12.8. The normalized spacial score (nSPS) is 11.8. The van der Waals surface area contributed by atoms with Crippen molar-refractivity contribution in [2.45, 2.75) is 18.9 Å². The zero-order valence-electron chi connectivity index (χ0n) is 9.22. The summed E-state index contributed by atoms with van der Waals surface area (Å²) in [5.41, 5.74) is 12.2. The molecule has 0 aliphatic rings. The molecular formula is C11H15N3O3. The van der Waals surface area contributed by atoms with E-state index in [0.29, 0.717) is 11.4 Å². The number of carbonyl (C=O) groups is 2. The van der Waals surface area contributed by atoms with Crippen LogP contribution in [0.25, 0.3) is 0 Å². The molecule has 6 nitrogen and oxygen atoms in total. The fourth-order valence-corrected chi connectivity index (χ4v) is 1.21. The predicted octanol–water partition coefficient (Wildman–Crippen LogP) is 0.399. The van der Waals surface area contributed by atoms with Crippen LogP contribution < -0.4 is 16.8 Å². The number of hydrogen-bond acceptors (Lipinski definition) is 4. The Morgan fingerprint density at radius 2 is 1.88 bits per heavy atom. The molecule has 1 atom stereocenters. The number of aliphatic carboxylic acids is 1. The first-order valence-corrected chi connectivity index (χ1v) is 5.13. The molecule has 1 aromatic carbocycles. The standard InChI is InChI=1S/C11H15N3O3/c12-7-1-3-8(4-2-7)14-11(17)9(13)5-6-10(15)16/h1-4,9H,5-6,12-13H2,(H,14,17)(H,15,16)/t9-/m1/s1. The summed E-state index contributed by atoms with van der Waals surface area (Å²) in [6.45, 7) is 0. The van der Waals surface area contributed by atoms with E-state index in [2.05, 4.69) is 5.32 Å². The molecule has 1 rings (SSSR count). The average Bonchev–Trinajstić information content (AvgIpc) is 2.28. The van der Waals surface area contributed by atoms with Gasteiger partial charge in [0, 0.05) is 17.8 Å². The average molecular weight is 237 g/mol. The number of nitrogens with one attached hydrogen (secondary N) is 1. The molecule has 0 aromatic heterocycles. The van der Waals surface area contributed by atoms with Gasteiger partial charge in [-0.2, -0.15) is 0 Å². The van der Waals surface area contributed by atoms with Gasteiger partial charge in [-0.25, -0.2) is 0 Å². The molecule has 17 heavy (non-hydrogen) atoms. The van der Waals surface area contributed by atoms with Crippen molar-refractivity contribution in [3.8, 4) is 0 Å². The third-order valence-corrected chi connectivity index (χ3v) is 2.18. The minimum atomic E-state index is -0.972. The second kappa shape index (κ2) is 5.86. The van der Waals surface area contributed by atoms with Gasteiger partial charge in [-0.15, -0.1) is 0 Å². The fraction of sp³-hybridized carbons (Fsp3) is 0.273. The largest absolute Gasteiger partial charge is 0.481 e. The highest BCUT2D eigenvalue weighted by Crippen LogP contribution is 2.11. The Morgan fingerprint density at radius 1 is 1.29 bits per heavy atom. The van der Waals surface area contributed by atoms with Crippen LogP contribution in [-0.2, 0) is 9.59 Å². The summed E-state index contributed by atoms with van der Waals surface area (Å²) in [5, 5.41) is 11.0. The van der Waals surface area contributed by atoms with Crippen molar-refractivity contribution in [2.75, 3.05) is 11.1 Å². The van der Waals surface area contributed by atoms with Crippen LogP contribution in [-0.4, -0.2) is 23.0 Å². The van der Waals surface area contributed by atoms with Crippen LogP contribution in [0.4, 0.5) is 11.4 Å². The molecule has 1 aromatic rings. The van der Waals surface area contributed by atoms with Crippen molar-refractivity contribution in [1.82, 2.24) is 0 Å². The second-order valence-electron chi connectivity index (χ2n) is 3.65. The number of amides is 1. The van der Waals surface area contributed by atoms with Gasteiger partial charge in [0.2, 0.25) is 5.91 Å². The van der Waals surface area contributed by atoms with E-state index in [1.54, 1.807) is 24.3 Å². The van der Waals surface area contributed by atoms with Crippen LogP contribution in [0.15, 0.2) is 24.3 Å². The number of nitrogens with two attached hydrogens (primary N) is 2. The monoisotopic (exact) mass is 237 g/mol. The molecule has 0 radical (unpaired) electrons. The Labute approximate surface area is 98.6 Å². The maximum atomic E-state index is 11.5. The van der Waals surface area contributed by atoms with E-state index in [0.717, 1.165) is 0 Å². The number of carbonyl (C=O) groups excluding carboxylic acids is 1. The number of carboxylic acid groups (broad SMARTS) is 1. The number of carboxylic acids is 1. The zero-order valence-corrected chi connectivity index (χ0v) is 9.22. The molecule has 92 valence electrons. The van der Waals surface area contributed by atoms with Gasteiger partial charge >= 0.3 is 5.97 Å². The van der Waals surface area contributed by atoms with Gasteiger partial charge in [-0.3, -0.25) is 9.59 Å². The van der Waals surface area contributed by atoms with Gasteiger partial charge in [0.25, 0.3) is 0 Å². The van der Waals surface area contributed by atoms with Gasteiger partial charge < -0.3 is 21.9 Å². The van der Waals surface area contributed by atoms with Crippen molar-refractivity contribution in [3.05, 3.63) is 24.3 Å². The van der Waals surface area contributed by atoms with Crippen molar-refractivity contribution in [2.24, 2.45) is 5.73 Å². The van der Waals surface area contributed by atoms with E-state index in [4.69, 9.17) is 16.6 Å². The van der Waals surface area contributed by atoms with Crippen LogP contribution >= 0.6 is 0 Å². The minimum absolute atomic E-state index is 0.107. The van der Waals surface area contributed by atoms with Gasteiger partial charge in [0.1, 0.15) is 0 Å². The minimum Gasteiger partial charge on any atom is -0.481 e. The molecule has 1 amide bonds.